The molecule has 0 bridgehead atoms. The van der Waals surface area contributed by atoms with Crippen LogP contribution in [0.15, 0.2) is 36.1 Å². The van der Waals surface area contributed by atoms with E-state index in [0.717, 1.165) is 28.6 Å². The number of imidazole rings is 1. The van der Waals surface area contributed by atoms with Crippen molar-refractivity contribution in [2.75, 3.05) is 10.6 Å². The second kappa shape index (κ2) is 7.37. The van der Waals surface area contributed by atoms with Crippen molar-refractivity contribution in [2.45, 2.75) is 25.3 Å². The van der Waals surface area contributed by atoms with Gasteiger partial charge in [-0.15, -0.1) is 23.7 Å². The molecule has 0 saturated heterocycles. The van der Waals surface area contributed by atoms with Gasteiger partial charge in [0.25, 0.3) is 5.91 Å². The Labute approximate surface area is 171 Å². The third-order valence-electron chi connectivity index (χ3n) is 5.00. The van der Waals surface area contributed by atoms with Crippen molar-refractivity contribution in [3.8, 4) is 0 Å². The Morgan fingerprint density at radius 1 is 1.25 bits per heavy atom. The van der Waals surface area contributed by atoms with Crippen molar-refractivity contribution >= 4 is 62.5 Å². The minimum Gasteiger partial charge on any atom is -0.351 e. The highest BCUT2D eigenvalue weighted by Gasteiger charge is 2.20. The lowest BCUT2D eigenvalue weighted by Crippen LogP contribution is -2.28. The summed E-state index contributed by atoms with van der Waals surface area (Å²) < 4.78 is 2.83. The highest BCUT2D eigenvalue weighted by atomic mass is 35.5. The molecule has 9 heteroatoms. The lowest BCUT2D eigenvalue weighted by atomic mass is 9.93. The number of halogens is 1. The van der Waals surface area contributed by atoms with Crippen LogP contribution in [0, 0.1) is 0 Å². The van der Waals surface area contributed by atoms with Gasteiger partial charge in [0, 0.05) is 18.5 Å². The van der Waals surface area contributed by atoms with E-state index in [9.17, 15) is 4.79 Å². The number of amides is 1. The van der Waals surface area contributed by atoms with Gasteiger partial charge in [-0.2, -0.15) is 0 Å². The van der Waals surface area contributed by atoms with Crippen LogP contribution in [0.4, 0.5) is 11.6 Å². The van der Waals surface area contributed by atoms with E-state index in [2.05, 4.69) is 25.6 Å². The quantitative estimate of drug-likeness (QED) is 0.522. The molecule has 1 aromatic carbocycles. The lowest BCUT2D eigenvalue weighted by Gasteiger charge is -2.26. The number of para-hydroxylation sites is 1. The summed E-state index contributed by atoms with van der Waals surface area (Å²) in [5.74, 6) is 0.402. The number of hydrogen-bond acceptors (Lipinski definition) is 6. The van der Waals surface area contributed by atoms with Gasteiger partial charge in [0.15, 0.2) is 0 Å². The van der Waals surface area contributed by atoms with Gasteiger partial charge < -0.3 is 15.2 Å². The molecule has 144 valence electrons. The summed E-state index contributed by atoms with van der Waals surface area (Å²) in [4.78, 5) is 26.3. The molecule has 3 aromatic heterocycles. The van der Waals surface area contributed by atoms with Gasteiger partial charge in [0.05, 0.1) is 39.5 Å². The Kier molecular flexibility index (Phi) is 4.91. The minimum absolute atomic E-state index is 0. The number of carbonyl (C=O) groups excluding carboxylic acids is 1. The maximum absolute atomic E-state index is 12.9. The summed E-state index contributed by atoms with van der Waals surface area (Å²) in [6.45, 7) is 0. The van der Waals surface area contributed by atoms with Crippen molar-refractivity contribution in [2.24, 2.45) is 7.05 Å². The fourth-order valence-corrected chi connectivity index (χ4v) is 4.09. The minimum atomic E-state index is -0.187. The normalized spacial score (nSPS) is 13.9. The first-order chi connectivity index (χ1) is 13.2. The molecule has 28 heavy (non-hydrogen) atoms. The molecule has 0 atom stereocenters. The molecule has 7 nitrogen and oxygen atoms in total. The first-order valence-corrected chi connectivity index (χ1v) is 9.79. The number of nitrogens with zero attached hydrogens (tertiary/aromatic N) is 4. The predicted octanol–water partition coefficient (Wildman–Crippen LogP) is 4.22. The number of aromatic nitrogens is 4. The molecule has 1 aliphatic rings. The Morgan fingerprint density at radius 3 is 2.89 bits per heavy atom. The van der Waals surface area contributed by atoms with Crippen LogP contribution < -0.4 is 10.6 Å². The van der Waals surface area contributed by atoms with E-state index in [4.69, 9.17) is 0 Å². The van der Waals surface area contributed by atoms with Crippen molar-refractivity contribution in [1.29, 1.82) is 0 Å². The van der Waals surface area contributed by atoms with Crippen molar-refractivity contribution in [1.82, 2.24) is 19.5 Å². The third-order valence-corrected chi connectivity index (χ3v) is 5.91. The molecular formula is C19H19ClN6OS. The monoisotopic (exact) mass is 414 g/mol. The summed E-state index contributed by atoms with van der Waals surface area (Å²) >= 11 is 1.47. The van der Waals surface area contributed by atoms with Gasteiger partial charge in [0.1, 0.15) is 5.52 Å². The molecule has 0 spiro atoms. The highest BCUT2D eigenvalue weighted by molar-refractivity contribution is 7.17. The number of nitrogens with one attached hydrogen (secondary N) is 2. The largest absolute Gasteiger partial charge is 0.351 e. The van der Waals surface area contributed by atoms with E-state index in [1.54, 1.807) is 12.5 Å². The first kappa shape index (κ1) is 18.6. The summed E-state index contributed by atoms with van der Waals surface area (Å²) in [6, 6.07) is 6.19. The fourth-order valence-electron chi connectivity index (χ4n) is 3.24. The number of carbonyl (C=O) groups is 1. The molecule has 0 aliphatic heterocycles. The molecule has 4 aromatic rings. The molecule has 0 radical (unpaired) electrons. The van der Waals surface area contributed by atoms with Gasteiger partial charge in [-0.3, -0.25) is 4.79 Å². The zero-order chi connectivity index (χ0) is 18.4. The summed E-state index contributed by atoms with van der Waals surface area (Å²) in [6.07, 6.45) is 7.06. The Balaban J connectivity index is 0.00000192. The van der Waals surface area contributed by atoms with Crippen LogP contribution in [0.25, 0.3) is 21.3 Å². The zero-order valence-corrected chi connectivity index (χ0v) is 16.8. The van der Waals surface area contributed by atoms with E-state index in [0.29, 0.717) is 28.8 Å². The second-order valence-electron chi connectivity index (χ2n) is 6.81. The Morgan fingerprint density at radius 2 is 2.11 bits per heavy atom. The maximum Gasteiger partial charge on any atom is 0.258 e. The fraction of sp³-hybridized carbons (Fsp3) is 0.263. The topological polar surface area (TPSA) is 84.7 Å². The summed E-state index contributed by atoms with van der Waals surface area (Å²) in [5, 5.41) is 8.16. The zero-order valence-electron chi connectivity index (χ0n) is 15.2. The van der Waals surface area contributed by atoms with E-state index in [1.807, 2.05) is 35.2 Å². The van der Waals surface area contributed by atoms with Crippen LogP contribution in [-0.2, 0) is 7.05 Å². The number of anilines is 2. The number of fused-ring (bicyclic) bond motifs is 2. The van der Waals surface area contributed by atoms with E-state index in [-0.39, 0.29) is 18.3 Å². The van der Waals surface area contributed by atoms with Crippen molar-refractivity contribution in [3.63, 3.8) is 0 Å². The molecular weight excluding hydrogens is 396 g/mol. The van der Waals surface area contributed by atoms with Crippen molar-refractivity contribution < 1.29 is 4.79 Å². The maximum atomic E-state index is 12.9. The number of benzene rings is 1. The summed E-state index contributed by atoms with van der Waals surface area (Å²) in [7, 11) is 1.93. The average Bonchev–Trinajstić information content (AvgIpc) is 3.22. The third kappa shape index (κ3) is 3.18. The van der Waals surface area contributed by atoms with Crippen LogP contribution in [-0.4, -0.2) is 31.5 Å². The van der Waals surface area contributed by atoms with Crippen LogP contribution in [0.3, 0.4) is 0 Å². The molecule has 1 saturated carbocycles. The molecule has 1 fully saturated rings. The van der Waals surface area contributed by atoms with Crippen LogP contribution in [0.2, 0.25) is 0 Å². The SMILES string of the molecule is Cl.Cn1cnc2c(NC(=O)c3csc4cnc(NC5CCC5)nc34)cccc21. The molecule has 3 heterocycles. The number of thiophene rings is 1. The molecule has 1 aliphatic carbocycles. The average molecular weight is 415 g/mol. The van der Waals surface area contributed by atoms with Gasteiger partial charge in [-0.1, -0.05) is 6.07 Å². The standard InChI is InChI=1S/C19H18N6OS.ClH/c1-25-10-21-17-13(6-3-7-14(17)25)23-18(26)12-9-27-15-8-20-19(24-16(12)15)22-11-4-2-5-11;/h3,6-11H,2,4-5H2,1H3,(H,23,26)(H,20,22,24);1H. The number of hydrogen-bond donors (Lipinski definition) is 2. The Hall–Kier alpha value is -2.71. The van der Waals surface area contributed by atoms with Crippen LogP contribution in [0.5, 0.6) is 0 Å². The number of rotatable bonds is 4. The van der Waals surface area contributed by atoms with Gasteiger partial charge in [0.2, 0.25) is 5.95 Å². The van der Waals surface area contributed by atoms with Gasteiger partial charge in [-0.05, 0) is 31.4 Å². The van der Waals surface area contributed by atoms with Crippen LogP contribution in [0.1, 0.15) is 29.6 Å². The smallest absolute Gasteiger partial charge is 0.258 e. The highest BCUT2D eigenvalue weighted by Crippen LogP contribution is 2.28. The van der Waals surface area contributed by atoms with Crippen molar-refractivity contribution in [3.05, 3.63) is 41.7 Å². The van der Waals surface area contributed by atoms with Crippen LogP contribution >= 0.6 is 23.7 Å². The first-order valence-electron chi connectivity index (χ1n) is 8.91. The second-order valence-corrected chi connectivity index (χ2v) is 7.72. The van der Waals surface area contributed by atoms with Gasteiger partial charge >= 0.3 is 0 Å². The lowest BCUT2D eigenvalue weighted by molar-refractivity contribution is 0.102. The van der Waals surface area contributed by atoms with Gasteiger partial charge in [-0.25, -0.2) is 15.0 Å². The molecule has 1 amide bonds. The van der Waals surface area contributed by atoms with E-state index in [1.165, 1.54) is 17.8 Å². The van der Waals surface area contributed by atoms with E-state index < -0.39 is 0 Å². The predicted molar refractivity (Wildman–Crippen MR) is 115 cm³/mol. The Bertz CT molecular complexity index is 1170. The van der Waals surface area contributed by atoms with E-state index >= 15 is 0 Å². The molecule has 2 N–H and O–H groups in total. The summed E-state index contributed by atoms with van der Waals surface area (Å²) in [5.41, 5.74) is 3.68. The molecule has 0 unspecified atom stereocenters. The molecule has 5 rings (SSSR count). The number of aryl methyl sites for hydroxylation is 1.